The van der Waals surface area contributed by atoms with E-state index in [1.165, 1.54) is 5.56 Å². The maximum absolute atomic E-state index is 12.0. The van der Waals surface area contributed by atoms with Crippen molar-refractivity contribution in [1.29, 1.82) is 0 Å². The lowest BCUT2D eigenvalue weighted by molar-refractivity contribution is -0.128. The summed E-state index contributed by atoms with van der Waals surface area (Å²) >= 11 is 0. The summed E-state index contributed by atoms with van der Waals surface area (Å²) in [4.78, 5) is 12.0. The van der Waals surface area contributed by atoms with E-state index in [2.05, 4.69) is 25.2 Å². The molecule has 0 aromatic heterocycles. The van der Waals surface area contributed by atoms with Gasteiger partial charge in [0.15, 0.2) is 6.10 Å². The molecule has 1 N–H and O–H groups in total. The van der Waals surface area contributed by atoms with Crippen LogP contribution in [0.5, 0.6) is 5.75 Å². The van der Waals surface area contributed by atoms with Crippen molar-refractivity contribution in [1.82, 2.24) is 5.32 Å². The lowest BCUT2D eigenvalue weighted by atomic mass is 10.1. The first kappa shape index (κ1) is 15.5. The van der Waals surface area contributed by atoms with Gasteiger partial charge in [0.25, 0.3) is 5.91 Å². The fraction of sp³-hybridized carbons (Fsp3) is 0.562. The van der Waals surface area contributed by atoms with Crippen molar-refractivity contribution in [3.05, 3.63) is 29.3 Å². The Morgan fingerprint density at radius 2 is 1.79 bits per heavy atom. The minimum Gasteiger partial charge on any atom is -0.481 e. The molecule has 0 heterocycles. The minimum absolute atomic E-state index is 0.0684. The molecule has 0 fully saturated rings. The second-order valence-electron chi connectivity index (χ2n) is 5.57. The summed E-state index contributed by atoms with van der Waals surface area (Å²) in [7, 11) is 0. The Balaban J connectivity index is 2.63. The summed E-state index contributed by atoms with van der Waals surface area (Å²) in [5, 5.41) is 2.97. The first-order valence-corrected chi connectivity index (χ1v) is 6.85. The second kappa shape index (κ2) is 6.60. The maximum Gasteiger partial charge on any atom is 0.260 e. The summed E-state index contributed by atoms with van der Waals surface area (Å²) in [5.74, 6) is 1.11. The number of carbonyl (C=O) groups is 1. The SMILES string of the molecule is Cc1ccc(O[C@H](C)C(=O)N[C@H](C)C(C)C)c(C)c1. The Bertz CT molecular complexity index is 440. The van der Waals surface area contributed by atoms with E-state index in [1.807, 2.05) is 32.9 Å². The normalized spacial score (nSPS) is 14.1. The molecule has 0 saturated heterocycles. The van der Waals surface area contributed by atoms with E-state index < -0.39 is 6.10 Å². The molecular weight excluding hydrogens is 238 g/mol. The smallest absolute Gasteiger partial charge is 0.260 e. The van der Waals surface area contributed by atoms with E-state index in [4.69, 9.17) is 4.74 Å². The summed E-state index contributed by atoms with van der Waals surface area (Å²) in [6, 6.07) is 6.11. The Kier molecular flexibility index (Phi) is 5.40. The Labute approximate surface area is 116 Å². The number of hydrogen-bond acceptors (Lipinski definition) is 2. The Morgan fingerprint density at radius 1 is 1.16 bits per heavy atom. The summed E-state index contributed by atoms with van der Waals surface area (Å²) in [6.07, 6.45) is -0.484. The summed E-state index contributed by atoms with van der Waals surface area (Å²) in [5.41, 5.74) is 2.24. The number of amides is 1. The highest BCUT2D eigenvalue weighted by atomic mass is 16.5. The molecule has 2 atom stereocenters. The van der Waals surface area contributed by atoms with E-state index in [9.17, 15) is 4.79 Å². The van der Waals surface area contributed by atoms with E-state index >= 15 is 0 Å². The van der Waals surface area contributed by atoms with Gasteiger partial charge in [0.1, 0.15) is 5.75 Å². The average molecular weight is 263 g/mol. The lowest BCUT2D eigenvalue weighted by Gasteiger charge is -2.21. The monoisotopic (exact) mass is 263 g/mol. The van der Waals surface area contributed by atoms with Crippen LogP contribution in [-0.4, -0.2) is 18.1 Å². The van der Waals surface area contributed by atoms with Crippen LogP contribution in [0.25, 0.3) is 0 Å². The molecule has 1 rings (SSSR count). The van der Waals surface area contributed by atoms with Gasteiger partial charge in [0, 0.05) is 6.04 Å². The van der Waals surface area contributed by atoms with Crippen LogP contribution in [0.2, 0.25) is 0 Å². The maximum atomic E-state index is 12.0. The average Bonchev–Trinajstić information content (AvgIpc) is 2.32. The molecule has 3 nitrogen and oxygen atoms in total. The van der Waals surface area contributed by atoms with Crippen molar-refractivity contribution in [2.75, 3.05) is 0 Å². The topological polar surface area (TPSA) is 38.3 Å². The molecule has 106 valence electrons. The second-order valence-corrected chi connectivity index (χ2v) is 5.57. The highest BCUT2D eigenvalue weighted by molar-refractivity contribution is 5.81. The van der Waals surface area contributed by atoms with Crippen molar-refractivity contribution in [3.63, 3.8) is 0 Å². The number of nitrogens with one attached hydrogen (secondary N) is 1. The van der Waals surface area contributed by atoms with Crippen LogP contribution in [0.1, 0.15) is 38.8 Å². The zero-order valence-electron chi connectivity index (χ0n) is 12.8. The van der Waals surface area contributed by atoms with Crippen LogP contribution in [0.3, 0.4) is 0 Å². The van der Waals surface area contributed by atoms with Crippen LogP contribution in [-0.2, 0) is 4.79 Å². The van der Waals surface area contributed by atoms with Gasteiger partial charge in [-0.1, -0.05) is 31.5 Å². The number of carbonyl (C=O) groups excluding carboxylic acids is 1. The van der Waals surface area contributed by atoms with Crippen LogP contribution >= 0.6 is 0 Å². The van der Waals surface area contributed by atoms with Crippen LogP contribution < -0.4 is 10.1 Å². The van der Waals surface area contributed by atoms with E-state index in [-0.39, 0.29) is 11.9 Å². The zero-order chi connectivity index (χ0) is 14.6. The third kappa shape index (κ3) is 4.58. The molecule has 0 spiro atoms. The molecule has 0 aliphatic carbocycles. The first-order chi connectivity index (χ1) is 8.81. The Morgan fingerprint density at radius 3 is 2.32 bits per heavy atom. The molecule has 19 heavy (non-hydrogen) atoms. The van der Waals surface area contributed by atoms with Gasteiger partial charge in [-0.25, -0.2) is 0 Å². The van der Waals surface area contributed by atoms with E-state index in [0.717, 1.165) is 11.3 Å². The molecule has 0 saturated carbocycles. The fourth-order valence-corrected chi connectivity index (χ4v) is 1.68. The fourth-order valence-electron chi connectivity index (χ4n) is 1.68. The summed E-state index contributed by atoms with van der Waals surface area (Å²) in [6.45, 7) is 12.0. The molecule has 1 aromatic rings. The highest BCUT2D eigenvalue weighted by Crippen LogP contribution is 2.20. The largest absolute Gasteiger partial charge is 0.481 e. The molecule has 3 heteroatoms. The molecular formula is C16H25NO2. The number of benzene rings is 1. The minimum atomic E-state index is -0.484. The van der Waals surface area contributed by atoms with Crippen molar-refractivity contribution in [2.24, 2.45) is 5.92 Å². The van der Waals surface area contributed by atoms with Gasteiger partial charge in [-0.05, 0) is 45.2 Å². The predicted molar refractivity (Wildman–Crippen MR) is 78.4 cm³/mol. The van der Waals surface area contributed by atoms with Crippen molar-refractivity contribution in [3.8, 4) is 5.75 Å². The number of aryl methyl sites for hydroxylation is 2. The molecule has 0 radical (unpaired) electrons. The van der Waals surface area contributed by atoms with Gasteiger partial charge in [-0.15, -0.1) is 0 Å². The van der Waals surface area contributed by atoms with Crippen LogP contribution in [0.4, 0.5) is 0 Å². The molecule has 1 amide bonds. The molecule has 0 aliphatic heterocycles. The van der Waals surface area contributed by atoms with Gasteiger partial charge in [-0.2, -0.15) is 0 Å². The lowest BCUT2D eigenvalue weighted by Crippen LogP contribution is -2.43. The van der Waals surface area contributed by atoms with Crippen molar-refractivity contribution in [2.45, 2.75) is 53.7 Å². The number of rotatable bonds is 5. The van der Waals surface area contributed by atoms with Crippen molar-refractivity contribution < 1.29 is 9.53 Å². The van der Waals surface area contributed by atoms with Crippen molar-refractivity contribution >= 4 is 5.91 Å². The standard InChI is InChI=1S/C16H25NO2/c1-10(2)13(5)17-16(18)14(6)19-15-8-7-11(3)9-12(15)4/h7-10,13-14H,1-6H3,(H,17,18)/t13-,14-/m1/s1. The molecule has 0 aliphatic rings. The van der Waals surface area contributed by atoms with E-state index in [1.54, 1.807) is 6.92 Å². The number of ether oxygens (including phenoxy) is 1. The third-order valence-corrected chi connectivity index (χ3v) is 3.37. The highest BCUT2D eigenvalue weighted by Gasteiger charge is 2.18. The molecule has 0 bridgehead atoms. The Hall–Kier alpha value is -1.51. The first-order valence-electron chi connectivity index (χ1n) is 6.85. The molecule has 0 unspecified atom stereocenters. The van der Waals surface area contributed by atoms with Gasteiger partial charge >= 0.3 is 0 Å². The predicted octanol–water partition coefficient (Wildman–Crippen LogP) is 3.23. The van der Waals surface area contributed by atoms with E-state index in [0.29, 0.717) is 5.92 Å². The van der Waals surface area contributed by atoms with Crippen LogP contribution in [0.15, 0.2) is 18.2 Å². The summed E-state index contributed by atoms with van der Waals surface area (Å²) < 4.78 is 5.73. The third-order valence-electron chi connectivity index (χ3n) is 3.37. The number of hydrogen-bond donors (Lipinski definition) is 1. The molecule has 1 aromatic carbocycles. The van der Waals surface area contributed by atoms with Crippen LogP contribution in [0, 0.1) is 19.8 Å². The quantitative estimate of drug-likeness (QED) is 0.885. The van der Waals surface area contributed by atoms with Gasteiger partial charge < -0.3 is 10.1 Å². The van der Waals surface area contributed by atoms with Gasteiger partial charge in [-0.3, -0.25) is 4.79 Å². The zero-order valence-corrected chi connectivity index (χ0v) is 12.8. The van der Waals surface area contributed by atoms with Gasteiger partial charge in [0.2, 0.25) is 0 Å². The van der Waals surface area contributed by atoms with Gasteiger partial charge in [0.05, 0.1) is 0 Å².